The van der Waals surface area contributed by atoms with Crippen LogP contribution in [0, 0.1) is 17.2 Å². The Kier molecular flexibility index (Phi) is 4.21. The van der Waals surface area contributed by atoms with E-state index in [0.717, 1.165) is 18.2 Å². The Morgan fingerprint density at radius 2 is 2.00 bits per heavy atom. The Balaban J connectivity index is 1.55. The molecule has 1 aliphatic carbocycles. The molecule has 1 aromatic carbocycles. The first-order valence-electron chi connectivity index (χ1n) is 7.80. The van der Waals surface area contributed by atoms with Crippen molar-refractivity contribution in [3.8, 4) is 6.07 Å². The van der Waals surface area contributed by atoms with E-state index < -0.39 is 0 Å². The van der Waals surface area contributed by atoms with Gasteiger partial charge in [-0.2, -0.15) is 5.26 Å². The van der Waals surface area contributed by atoms with Crippen molar-refractivity contribution >= 4 is 11.6 Å². The van der Waals surface area contributed by atoms with E-state index in [4.69, 9.17) is 5.26 Å². The first kappa shape index (κ1) is 14.1. The fourth-order valence-electron chi connectivity index (χ4n) is 3.71. The molecule has 2 aliphatic rings. The van der Waals surface area contributed by atoms with E-state index in [1.807, 2.05) is 0 Å². The van der Waals surface area contributed by atoms with Crippen LogP contribution in [0.3, 0.4) is 0 Å². The van der Waals surface area contributed by atoms with Gasteiger partial charge in [0.25, 0.3) is 0 Å². The number of hydrogen-bond acceptors (Lipinski definition) is 3. The summed E-state index contributed by atoms with van der Waals surface area (Å²) in [6.07, 6.45) is 6.48. The van der Waals surface area contributed by atoms with Crippen LogP contribution in [-0.4, -0.2) is 29.9 Å². The molecule has 0 spiro atoms. The zero-order chi connectivity index (χ0) is 14.7. The lowest BCUT2D eigenvalue weighted by atomic mass is 9.85. The first-order valence-corrected chi connectivity index (χ1v) is 7.80. The number of fused-ring (bicyclic) bond motifs is 1. The molecule has 2 unspecified atom stereocenters. The quantitative estimate of drug-likeness (QED) is 0.928. The number of hydrogen-bond donors (Lipinski definition) is 1. The highest BCUT2D eigenvalue weighted by atomic mass is 16.2. The zero-order valence-corrected chi connectivity index (χ0v) is 12.2. The van der Waals surface area contributed by atoms with Gasteiger partial charge in [0.2, 0.25) is 5.91 Å². The van der Waals surface area contributed by atoms with Crippen LogP contribution < -0.4 is 5.32 Å². The second kappa shape index (κ2) is 6.28. The summed E-state index contributed by atoms with van der Waals surface area (Å²) in [4.78, 5) is 14.5. The van der Waals surface area contributed by atoms with Gasteiger partial charge in [0.15, 0.2) is 0 Å². The zero-order valence-electron chi connectivity index (χ0n) is 12.2. The van der Waals surface area contributed by atoms with Gasteiger partial charge in [-0.15, -0.1) is 0 Å². The average Bonchev–Trinajstić information content (AvgIpc) is 2.91. The van der Waals surface area contributed by atoms with Crippen LogP contribution in [0.2, 0.25) is 0 Å². The number of amides is 1. The van der Waals surface area contributed by atoms with Gasteiger partial charge in [-0.1, -0.05) is 12.8 Å². The second-order valence-corrected chi connectivity index (χ2v) is 6.11. The molecule has 4 heteroatoms. The van der Waals surface area contributed by atoms with Crippen molar-refractivity contribution in [2.45, 2.75) is 38.1 Å². The van der Waals surface area contributed by atoms with Crippen LogP contribution in [0.4, 0.5) is 5.69 Å². The Bertz CT molecular complexity index is 546. The molecular formula is C17H21N3O. The third kappa shape index (κ3) is 3.25. The maximum absolute atomic E-state index is 12.2. The van der Waals surface area contributed by atoms with E-state index >= 15 is 0 Å². The summed E-state index contributed by atoms with van der Waals surface area (Å²) in [6, 6.07) is 9.71. The highest BCUT2D eigenvalue weighted by molar-refractivity contribution is 5.92. The van der Waals surface area contributed by atoms with Crippen molar-refractivity contribution in [3.63, 3.8) is 0 Å². The molecular weight excluding hydrogens is 262 g/mol. The van der Waals surface area contributed by atoms with E-state index in [1.165, 1.54) is 32.1 Å². The monoisotopic (exact) mass is 283 g/mol. The number of likely N-dealkylation sites (tertiary alicyclic amines) is 1. The first-order chi connectivity index (χ1) is 10.3. The van der Waals surface area contributed by atoms with E-state index in [9.17, 15) is 4.79 Å². The lowest BCUT2D eigenvalue weighted by Crippen LogP contribution is -2.39. The van der Waals surface area contributed by atoms with Crippen LogP contribution in [0.5, 0.6) is 0 Å². The van der Waals surface area contributed by atoms with Crippen LogP contribution in [0.1, 0.15) is 37.7 Å². The maximum atomic E-state index is 12.2. The molecule has 2 fully saturated rings. The summed E-state index contributed by atoms with van der Waals surface area (Å²) in [6.45, 7) is 1.54. The fraction of sp³-hybridized carbons (Fsp3) is 0.529. The Morgan fingerprint density at radius 1 is 1.24 bits per heavy atom. The van der Waals surface area contributed by atoms with Crippen LogP contribution in [-0.2, 0) is 4.79 Å². The van der Waals surface area contributed by atoms with Crippen molar-refractivity contribution in [1.29, 1.82) is 5.26 Å². The molecule has 2 atom stereocenters. The topological polar surface area (TPSA) is 56.1 Å². The lowest BCUT2D eigenvalue weighted by molar-refractivity contribution is -0.117. The van der Waals surface area contributed by atoms with Gasteiger partial charge in [0.1, 0.15) is 0 Å². The van der Waals surface area contributed by atoms with Crippen molar-refractivity contribution in [2.24, 2.45) is 5.92 Å². The molecule has 110 valence electrons. The molecule has 1 heterocycles. The van der Waals surface area contributed by atoms with Gasteiger partial charge >= 0.3 is 0 Å². The van der Waals surface area contributed by atoms with Crippen molar-refractivity contribution in [3.05, 3.63) is 29.8 Å². The molecule has 1 aliphatic heterocycles. The minimum absolute atomic E-state index is 0.0472. The normalized spacial score (nSPS) is 25.1. The highest BCUT2D eigenvalue weighted by Crippen LogP contribution is 2.35. The number of nitrogens with one attached hydrogen (secondary N) is 1. The molecule has 0 radical (unpaired) electrons. The maximum Gasteiger partial charge on any atom is 0.238 e. The Hall–Kier alpha value is -1.86. The summed E-state index contributed by atoms with van der Waals surface area (Å²) in [5.41, 5.74) is 1.37. The Labute approximate surface area is 125 Å². The number of nitriles is 1. The van der Waals surface area contributed by atoms with Gasteiger partial charge < -0.3 is 5.32 Å². The molecule has 0 bridgehead atoms. The Morgan fingerprint density at radius 3 is 2.76 bits per heavy atom. The minimum Gasteiger partial charge on any atom is -0.325 e. The van der Waals surface area contributed by atoms with Gasteiger partial charge in [-0.05, 0) is 56.0 Å². The van der Waals surface area contributed by atoms with Gasteiger partial charge in [0.05, 0.1) is 18.2 Å². The predicted molar refractivity (Wildman–Crippen MR) is 81.7 cm³/mol. The van der Waals surface area contributed by atoms with E-state index in [-0.39, 0.29) is 5.91 Å². The van der Waals surface area contributed by atoms with Crippen LogP contribution >= 0.6 is 0 Å². The fourth-order valence-corrected chi connectivity index (χ4v) is 3.71. The number of carbonyl (C=O) groups is 1. The second-order valence-electron chi connectivity index (χ2n) is 6.11. The van der Waals surface area contributed by atoms with Crippen molar-refractivity contribution in [2.75, 3.05) is 18.4 Å². The van der Waals surface area contributed by atoms with Crippen molar-refractivity contribution in [1.82, 2.24) is 4.90 Å². The number of anilines is 1. The third-order valence-electron chi connectivity index (χ3n) is 4.77. The molecule has 1 saturated carbocycles. The molecule has 1 amide bonds. The molecule has 4 nitrogen and oxygen atoms in total. The van der Waals surface area contributed by atoms with Crippen LogP contribution in [0.15, 0.2) is 24.3 Å². The van der Waals surface area contributed by atoms with E-state index in [2.05, 4.69) is 16.3 Å². The molecule has 3 rings (SSSR count). The van der Waals surface area contributed by atoms with Crippen LogP contribution in [0.25, 0.3) is 0 Å². The molecule has 21 heavy (non-hydrogen) atoms. The largest absolute Gasteiger partial charge is 0.325 e. The number of rotatable bonds is 3. The molecule has 0 aromatic heterocycles. The van der Waals surface area contributed by atoms with E-state index in [1.54, 1.807) is 24.3 Å². The van der Waals surface area contributed by atoms with Gasteiger partial charge in [-0.3, -0.25) is 9.69 Å². The summed E-state index contributed by atoms with van der Waals surface area (Å²) in [7, 11) is 0. The third-order valence-corrected chi connectivity index (χ3v) is 4.77. The smallest absolute Gasteiger partial charge is 0.238 e. The average molecular weight is 283 g/mol. The molecule has 1 N–H and O–H groups in total. The SMILES string of the molecule is N#Cc1ccc(NC(=O)CN2CCC3CCCCC32)cc1. The lowest BCUT2D eigenvalue weighted by Gasteiger charge is -2.31. The minimum atomic E-state index is 0.0472. The predicted octanol–water partition coefficient (Wildman–Crippen LogP) is 2.76. The standard InChI is InChI=1S/C17H21N3O/c18-11-13-5-7-15(8-6-13)19-17(21)12-20-10-9-14-3-1-2-4-16(14)20/h5-8,14,16H,1-4,9-10,12H2,(H,19,21). The number of benzene rings is 1. The summed E-state index contributed by atoms with van der Waals surface area (Å²) in [5, 5.41) is 11.7. The highest BCUT2D eigenvalue weighted by Gasteiger charge is 2.36. The summed E-state index contributed by atoms with van der Waals surface area (Å²) < 4.78 is 0. The summed E-state index contributed by atoms with van der Waals surface area (Å²) >= 11 is 0. The van der Waals surface area contributed by atoms with Gasteiger partial charge in [0, 0.05) is 11.7 Å². The van der Waals surface area contributed by atoms with E-state index in [0.29, 0.717) is 18.2 Å². The molecule has 1 aromatic rings. The van der Waals surface area contributed by atoms with Gasteiger partial charge in [-0.25, -0.2) is 0 Å². The summed E-state index contributed by atoms with van der Waals surface area (Å²) in [5.74, 6) is 0.854. The molecule has 1 saturated heterocycles. The number of nitrogens with zero attached hydrogens (tertiary/aromatic N) is 2. The number of carbonyl (C=O) groups excluding carboxylic acids is 1. The van der Waals surface area contributed by atoms with Crippen molar-refractivity contribution < 1.29 is 4.79 Å².